The summed E-state index contributed by atoms with van der Waals surface area (Å²) in [5.74, 6) is -0.463. The Morgan fingerprint density at radius 3 is 3.00 bits per heavy atom. The van der Waals surface area contributed by atoms with Crippen LogP contribution in [-0.2, 0) is 4.74 Å². The van der Waals surface area contributed by atoms with E-state index >= 15 is 0 Å². The lowest BCUT2D eigenvalue weighted by Gasteiger charge is -2.07. The van der Waals surface area contributed by atoms with Gasteiger partial charge in [0.1, 0.15) is 11.3 Å². The molecule has 0 spiro atoms. The molecule has 0 bridgehead atoms. The van der Waals surface area contributed by atoms with Crippen molar-refractivity contribution < 1.29 is 24.1 Å². The molecule has 15 heavy (non-hydrogen) atoms. The number of fused-ring (bicyclic) bond motifs is 1. The third-order valence-electron chi connectivity index (χ3n) is 2.08. The van der Waals surface area contributed by atoms with Gasteiger partial charge in [0.25, 0.3) is 0 Å². The van der Waals surface area contributed by atoms with Gasteiger partial charge >= 0.3 is 5.97 Å². The van der Waals surface area contributed by atoms with Gasteiger partial charge in [0.2, 0.25) is 6.79 Å². The quantitative estimate of drug-likeness (QED) is 0.399. The van der Waals surface area contributed by atoms with E-state index in [0.29, 0.717) is 5.75 Å². The van der Waals surface area contributed by atoms with E-state index in [1.807, 2.05) is 0 Å². The number of hydrogen-bond donors (Lipinski definition) is 2. The lowest BCUT2D eigenvalue weighted by molar-refractivity contribution is 0.0597. The van der Waals surface area contributed by atoms with Crippen molar-refractivity contribution in [2.45, 2.75) is 0 Å². The van der Waals surface area contributed by atoms with Crippen LogP contribution in [0.15, 0.2) is 6.07 Å². The highest BCUT2D eigenvalue weighted by Crippen LogP contribution is 2.44. The molecular weight excluding hydrogens is 202 g/mol. The first-order chi connectivity index (χ1) is 7.15. The van der Waals surface area contributed by atoms with Crippen molar-refractivity contribution in [3.05, 3.63) is 11.6 Å². The molecule has 1 aliphatic heterocycles. The Kier molecular flexibility index (Phi) is 2.03. The number of aromatic hydroxyl groups is 1. The van der Waals surface area contributed by atoms with Crippen molar-refractivity contribution in [3.63, 3.8) is 0 Å². The van der Waals surface area contributed by atoms with Crippen LogP contribution in [0.4, 0.5) is 5.69 Å². The Hall–Kier alpha value is -2.11. The summed E-state index contributed by atoms with van der Waals surface area (Å²) in [6.07, 6.45) is 0. The summed E-state index contributed by atoms with van der Waals surface area (Å²) in [6, 6.07) is 1.33. The van der Waals surface area contributed by atoms with Crippen LogP contribution in [0.5, 0.6) is 17.2 Å². The highest BCUT2D eigenvalue weighted by molar-refractivity contribution is 5.96. The molecule has 0 amide bonds. The maximum Gasteiger partial charge on any atom is 0.341 e. The second kappa shape index (κ2) is 3.23. The maximum absolute atomic E-state index is 11.3. The summed E-state index contributed by atoms with van der Waals surface area (Å²) in [7, 11) is 1.21. The summed E-state index contributed by atoms with van der Waals surface area (Å²) in [5, 5.41) is 9.60. The molecular formula is C9H9NO5. The molecule has 1 aromatic rings. The van der Waals surface area contributed by atoms with E-state index in [0.717, 1.165) is 0 Å². The number of hydrogen-bond acceptors (Lipinski definition) is 6. The molecule has 0 aliphatic carbocycles. The summed E-state index contributed by atoms with van der Waals surface area (Å²) in [4.78, 5) is 11.3. The average molecular weight is 211 g/mol. The number of carbonyl (C=O) groups excluding carboxylic acids is 1. The monoisotopic (exact) mass is 211 g/mol. The molecule has 0 aromatic heterocycles. The number of esters is 1. The number of nitrogen functional groups attached to an aromatic ring is 1. The smallest absolute Gasteiger partial charge is 0.341 e. The van der Waals surface area contributed by atoms with E-state index in [1.54, 1.807) is 0 Å². The van der Waals surface area contributed by atoms with Crippen molar-refractivity contribution in [2.24, 2.45) is 0 Å². The Morgan fingerprint density at radius 1 is 1.60 bits per heavy atom. The minimum atomic E-state index is -0.683. The number of carbonyl (C=O) groups is 1. The van der Waals surface area contributed by atoms with Gasteiger partial charge in [0, 0.05) is 6.07 Å². The number of phenolic OH excluding ortho intramolecular Hbond substituents is 1. The Morgan fingerprint density at radius 2 is 2.33 bits per heavy atom. The van der Waals surface area contributed by atoms with Crippen molar-refractivity contribution in [1.82, 2.24) is 0 Å². The molecule has 80 valence electrons. The van der Waals surface area contributed by atoms with Gasteiger partial charge in [-0.2, -0.15) is 0 Å². The normalized spacial score (nSPS) is 12.6. The van der Waals surface area contributed by atoms with Gasteiger partial charge < -0.3 is 25.1 Å². The highest BCUT2D eigenvalue weighted by Gasteiger charge is 2.25. The second-order valence-corrected chi connectivity index (χ2v) is 2.91. The average Bonchev–Trinajstić information content (AvgIpc) is 2.70. The molecule has 0 atom stereocenters. The van der Waals surface area contributed by atoms with E-state index in [-0.39, 0.29) is 29.5 Å². The number of rotatable bonds is 1. The molecule has 1 aliphatic rings. The number of methoxy groups -OCH3 is 1. The number of nitrogens with two attached hydrogens (primary N) is 1. The first kappa shape index (κ1) is 9.45. The van der Waals surface area contributed by atoms with E-state index < -0.39 is 5.97 Å². The van der Waals surface area contributed by atoms with E-state index in [4.69, 9.17) is 15.2 Å². The van der Waals surface area contributed by atoms with Crippen LogP contribution in [0, 0.1) is 0 Å². The van der Waals surface area contributed by atoms with Crippen LogP contribution in [0.2, 0.25) is 0 Å². The summed E-state index contributed by atoms with van der Waals surface area (Å²) < 4.78 is 14.5. The number of ether oxygens (including phenoxy) is 3. The Labute approximate surface area is 85.2 Å². The lowest BCUT2D eigenvalue weighted by Crippen LogP contribution is -2.03. The molecule has 2 rings (SSSR count). The topological polar surface area (TPSA) is 91.0 Å². The van der Waals surface area contributed by atoms with Crippen LogP contribution >= 0.6 is 0 Å². The van der Waals surface area contributed by atoms with Gasteiger partial charge in [-0.1, -0.05) is 0 Å². The van der Waals surface area contributed by atoms with Crippen molar-refractivity contribution in [3.8, 4) is 17.2 Å². The zero-order valence-corrected chi connectivity index (χ0v) is 7.94. The second-order valence-electron chi connectivity index (χ2n) is 2.91. The molecule has 0 fully saturated rings. The predicted octanol–water partition coefficient (Wildman–Crippen LogP) is 0.490. The minimum absolute atomic E-state index is 0.0175. The largest absolute Gasteiger partial charge is 0.505 e. The molecule has 1 aromatic carbocycles. The van der Waals surface area contributed by atoms with E-state index in [9.17, 15) is 9.90 Å². The molecule has 0 unspecified atom stereocenters. The van der Waals surface area contributed by atoms with Gasteiger partial charge in [-0.05, 0) is 0 Å². The number of benzene rings is 1. The van der Waals surface area contributed by atoms with Gasteiger partial charge in [0.15, 0.2) is 17.2 Å². The molecule has 6 heteroatoms. The molecule has 6 nitrogen and oxygen atoms in total. The minimum Gasteiger partial charge on any atom is -0.505 e. The first-order valence-electron chi connectivity index (χ1n) is 4.14. The zero-order valence-electron chi connectivity index (χ0n) is 7.94. The van der Waals surface area contributed by atoms with Crippen LogP contribution in [0.25, 0.3) is 0 Å². The summed E-state index contributed by atoms with van der Waals surface area (Å²) in [5.41, 5.74) is 5.50. The fraction of sp³-hybridized carbons (Fsp3) is 0.222. The summed E-state index contributed by atoms with van der Waals surface area (Å²) >= 11 is 0. The highest BCUT2D eigenvalue weighted by atomic mass is 16.7. The molecule has 0 radical (unpaired) electrons. The first-order valence-corrected chi connectivity index (χ1v) is 4.14. The van der Waals surface area contributed by atoms with Crippen LogP contribution in [0.1, 0.15) is 10.4 Å². The van der Waals surface area contributed by atoms with Crippen LogP contribution in [0.3, 0.4) is 0 Å². The fourth-order valence-corrected chi connectivity index (χ4v) is 1.32. The molecule has 3 N–H and O–H groups in total. The Bertz CT molecular complexity index is 429. The fourth-order valence-electron chi connectivity index (χ4n) is 1.32. The number of phenols is 1. The third kappa shape index (κ3) is 1.30. The summed E-state index contributed by atoms with van der Waals surface area (Å²) in [6.45, 7) is 0.0175. The van der Waals surface area contributed by atoms with Gasteiger partial charge in [0.05, 0.1) is 7.11 Å². The van der Waals surface area contributed by atoms with Crippen molar-refractivity contribution in [2.75, 3.05) is 19.6 Å². The van der Waals surface area contributed by atoms with Crippen LogP contribution in [-0.4, -0.2) is 25.0 Å². The predicted molar refractivity (Wildman–Crippen MR) is 50.0 cm³/mol. The molecule has 0 saturated heterocycles. The zero-order chi connectivity index (χ0) is 11.0. The standard InChI is InChI=1S/C9H9NO5/c1-13-9(12)4-2-5-8(15-3-14-5)6(10)7(4)11/h2,11H,3,10H2,1H3. The van der Waals surface area contributed by atoms with Gasteiger partial charge in [-0.15, -0.1) is 0 Å². The van der Waals surface area contributed by atoms with E-state index in [1.165, 1.54) is 13.2 Å². The van der Waals surface area contributed by atoms with Crippen molar-refractivity contribution in [1.29, 1.82) is 0 Å². The maximum atomic E-state index is 11.3. The van der Waals surface area contributed by atoms with E-state index in [2.05, 4.69) is 4.74 Å². The van der Waals surface area contributed by atoms with Gasteiger partial charge in [-0.25, -0.2) is 4.79 Å². The Balaban J connectivity index is 2.59. The lowest BCUT2D eigenvalue weighted by atomic mass is 10.1. The molecule has 0 saturated carbocycles. The number of anilines is 1. The SMILES string of the molecule is COC(=O)c1cc2c(c(N)c1O)OCO2. The van der Waals surface area contributed by atoms with Gasteiger partial charge in [-0.3, -0.25) is 0 Å². The van der Waals surface area contributed by atoms with Crippen molar-refractivity contribution >= 4 is 11.7 Å². The van der Waals surface area contributed by atoms with Crippen LogP contribution < -0.4 is 15.2 Å². The molecule has 1 heterocycles. The third-order valence-corrected chi connectivity index (χ3v) is 2.08.